The van der Waals surface area contributed by atoms with Gasteiger partial charge in [-0.15, -0.1) is 10.2 Å². The van der Waals surface area contributed by atoms with E-state index >= 15 is 0 Å². The van der Waals surface area contributed by atoms with E-state index < -0.39 is 0 Å². The van der Waals surface area contributed by atoms with Crippen LogP contribution in [-0.4, -0.2) is 25.5 Å². The van der Waals surface area contributed by atoms with Crippen LogP contribution in [0, 0.1) is 0 Å². The fourth-order valence-corrected chi connectivity index (χ4v) is 3.92. The summed E-state index contributed by atoms with van der Waals surface area (Å²) in [5.41, 5.74) is 2.27. The predicted molar refractivity (Wildman–Crippen MR) is 110 cm³/mol. The molecule has 0 aliphatic rings. The van der Waals surface area contributed by atoms with Gasteiger partial charge in [0.2, 0.25) is 5.82 Å². The third-order valence-electron chi connectivity index (χ3n) is 4.01. The second kappa shape index (κ2) is 8.54. The molecule has 0 amide bonds. The van der Waals surface area contributed by atoms with E-state index in [9.17, 15) is 0 Å². The van der Waals surface area contributed by atoms with Crippen molar-refractivity contribution < 1.29 is 4.42 Å². The van der Waals surface area contributed by atoms with Gasteiger partial charge in [0, 0.05) is 17.6 Å². The van der Waals surface area contributed by atoms with Gasteiger partial charge in [-0.2, -0.15) is 0 Å². The van der Waals surface area contributed by atoms with Crippen molar-refractivity contribution in [2.75, 3.05) is 5.75 Å². The summed E-state index contributed by atoms with van der Waals surface area (Å²) in [4.78, 5) is 4.38. The summed E-state index contributed by atoms with van der Waals surface area (Å²) in [5, 5.41) is 9.67. The van der Waals surface area contributed by atoms with Crippen molar-refractivity contribution in [1.82, 2.24) is 19.7 Å². The van der Waals surface area contributed by atoms with Crippen LogP contribution in [0.2, 0.25) is 0 Å². The fraction of sp³-hybridized carbons (Fsp3) is 0.150. The van der Waals surface area contributed by atoms with Crippen LogP contribution >= 0.6 is 27.7 Å². The maximum Gasteiger partial charge on any atom is 0.200 e. The molecule has 3 aromatic heterocycles. The molecule has 0 unspecified atom stereocenters. The lowest BCUT2D eigenvalue weighted by molar-refractivity contribution is 0.545. The van der Waals surface area contributed by atoms with Crippen LogP contribution in [0.5, 0.6) is 0 Å². The summed E-state index contributed by atoms with van der Waals surface area (Å²) >= 11 is 5.04. The van der Waals surface area contributed by atoms with Crippen molar-refractivity contribution in [3.63, 3.8) is 0 Å². The Labute approximate surface area is 170 Å². The zero-order valence-electron chi connectivity index (χ0n) is 14.5. The average molecular weight is 441 g/mol. The summed E-state index contributed by atoms with van der Waals surface area (Å²) in [6.07, 6.45) is 2.70. The van der Waals surface area contributed by atoms with Gasteiger partial charge in [-0.05, 0) is 52.2 Å². The number of thioether (sulfide) groups is 1. The molecule has 0 aliphatic carbocycles. The average Bonchev–Trinajstić information content (AvgIpc) is 3.30. The summed E-state index contributed by atoms with van der Waals surface area (Å²) in [5.74, 6) is 2.30. The highest BCUT2D eigenvalue weighted by molar-refractivity contribution is 9.10. The number of halogens is 1. The van der Waals surface area contributed by atoms with Crippen molar-refractivity contribution in [2.45, 2.75) is 18.1 Å². The van der Waals surface area contributed by atoms with Gasteiger partial charge in [-0.25, -0.2) is 0 Å². The van der Waals surface area contributed by atoms with Gasteiger partial charge in [0.25, 0.3) is 0 Å². The second-order valence-electron chi connectivity index (χ2n) is 5.90. The van der Waals surface area contributed by atoms with E-state index in [4.69, 9.17) is 4.42 Å². The molecule has 0 fully saturated rings. The number of hydrogen-bond acceptors (Lipinski definition) is 5. The lowest BCUT2D eigenvalue weighted by atomic mass is 10.2. The largest absolute Gasteiger partial charge is 0.446 e. The van der Waals surface area contributed by atoms with Crippen molar-refractivity contribution in [3.05, 3.63) is 82.8 Å². The molecule has 3 heterocycles. The molecule has 7 heteroatoms. The molecule has 27 heavy (non-hydrogen) atoms. The van der Waals surface area contributed by atoms with Crippen LogP contribution in [0.4, 0.5) is 0 Å². The summed E-state index contributed by atoms with van der Waals surface area (Å²) < 4.78 is 8.49. The minimum atomic E-state index is 0.677. The van der Waals surface area contributed by atoms with Crippen LogP contribution in [-0.2, 0) is 13.0 Å². The van der Waals surface area contributed by atoms with E-state index in [1.165, 1.54) is 5.56 Å². The van der Waals surface area contributed by atoms with Gasteiger partial charge in [0.05, 0.1) is 6.54 Å². The molecule has 0 N–H and O–H groups in total. The lowest BCUT2D eigenvalue weighted by Crippen LogP contribution is -2.04. The minimum absolute atomic E-state index is 0.677. The maximum atomic E-state index is 5.71. The number of benzene rings is 1. The number of rotatable bonds is 7. The minimum Gasteiger partial charge on any atom is -0.446 e. The molecule has 0 atom stereocenters. The van der Waals surface area contributed by atoms with E-state index in [0.717, 1.165) is 28.8 Å². The molecular weight excluding hydrogens is 424 g/mol. The molecule has 0 radical (unpaired) electrons. The normalized spacial score (nSPS) is 11.0. The van der Waals surface area contributed by atoms with E-state index in [2.05, 4.69) is 47.8 Å². The Morgan fingerprint density at radius 2 is 1.81 bits per heavy atom. The SMILES string of the molecule is Brc1ccc(-c2nnc(SCCc3ccccn3)n2Cc2ccccc2)o1. The van der Waals surface area contributed by atoms with Crippen molar-refractivity contribution in [1.29, 1.82) is 0 Å². The van der Waals surface area contributed by atoms with Crippen LogP contribution in [0.25, 0.3) is 11.6 Å². The smallest absolute Gasteiger partial charge is 0.200 e. The molecule has 4 rings (SSSR count). The molecule has 0 bridgehead atoms. The molecule has 136 valence electrons. The first kappa shape index (κ1) is 18.0. The number of aromatic nitrogens is 4. The van der Waals surface area contributed by atoms with Crippen molar-refractivity contribution in [2.24, 2.45) is 0 Å². The van der Waals surface area contributed by atoms with Crippen LogP contribution in [0.15, 0.2) is 81.1 Å². The van der Waals surface area contributed by atoms with Gasteiger partial charge in [0.15, 0.2) is 15.6 Å². The van der Waals surface area contributed by atoms with E-state index in [1.54, 1.807) is 11.8 Å². The Morgan fingerprint density at radius 3 is 2.56 bits per heavy atom. The molecule has 0 spiro atoms. The molecule has 0 saturated heterocycles. The first-order valence-corrected chi connectivity index (χ1v) is 10.3. The number of pyridine rings is 1. The topological polar surface area (TPSA) is 56.7 Å². The number of aryl methyl sites for hydroxylation is 1. The zero-order valence-corrected chi connectivity index (χ0v) is 16.9. The molecule has 1 aromatic carbocycles. The maximum absolute atomic E-state index is 5.71. The Morgan fingerprint density at radius 1 is 0.963 bits per heavy atom. The van der Waals surface area contributed by atoms with Crippen LogP contribution in [0.1, 0.15) is 11.3 Å². The van der Waals surface area contributed by atoms with Crippen LogP contribution in [0.3, 0.4) is 0 Å². The standard InChI is InChI=1S/C20H17BrN4OS/c21-18-10-9-17(26-18)19-23-24-20(25(19)14-15-6-2-1-3-7-15)27-13-11-16-8-4-5-12-22-16/h1-10,12H,11,13-14H2. The Bertz CT molecular complexity index is 1000. The highest BCUT2D eigenvalue weighted by Crippen LogP contribution is 2.28. The fourth-order valence-electron chi connectivity index (χ4n) is 2.71. The quantitative estimate of drug-likeness (QED) is 0.375. The first-order valence-electron chi connectivity index (χ1n) is 8.55. The molecule has 5 nitrogen and oxygen atoms in total. The first-order chi connectivity index (χ1) is 13.3. The molecule has 0 aliphatic heterocycles. The zero-order chi connectivity index (χ0) is 18.5. The monoisotopic (exact) mass is 440 g/mol. The Balaban J connectivity index is 1.57. The summed E-state index contributed by atoms with van der Waals surface area (Å²) in [7, 11) is 0. The number of hydrogen-bond donors (Lipinski definition) is 0. The van der Waals surface area contributed by atoms with Crippen molar-refractivity contribution >= 4 is 27.7 Å². The van der Waals surface area contributed by atoms with Crippen molar-refractivity contribution in [3.8, 4) is 11.6 Å². The van der Waals surface area contributed by atoms with Gasteiger partial charge in [-0.3, -0.25) is 9.55 Å². The highest BCUT2D eigenvalue weighted by atomic mass is 79.9. The second-order valence-corrected chi connectivity index (χ2v) is 7.74. The third-order valence-corrected chi connectivity index (χ3v) is 5.40. The summed E-state index contributed by atoms with van der Waals surface area (Å²) in [6, 6.07) is 20.0. The van der Waals surface area contributed by atoms with E-state index in [1.807, 2.05) is 54.7 Å². The van der Waals surface area contributed by atoms with Gasteiger partial charge >= 0.3 is 0 Å². The van der Waals surface area contributed by atoms with E-state index in [0.29, 0.717) is 17.0 Å². The molecular formula is C20H17BrN4OS. The van der Waals surface area contributed by atoms with Gasteiger partial charge in [-0.1, -0.05) is 48.2 Å². The highest BCUT2D eigenvalue weighted by Gasteiger charge is 2.17. The Hall–Kier alpha value is -2.38. The van der Waals surface area contributed by atoms with Gasteiger partial charge < -0.3 is 4.42 Å². The van der Waals surface area contributed by atoms with Crippen LogP contribution < -0.4 is 0 Å². The summed E-state index contributed by atoms with van der Waals surface area (Å²) in [6.45, 7) is 0.688. The predicted octanol–water partition coefficient (Wildman–Crippen LogP) is 5.08. The molecule has 0 saturated carbocycles. The van der Waals surface area contributed by atoms with E-state index in [-0.39, 0.29) is 0 Å². The van der Waals surface area contributed by atoms with Gasteiger partial charge in [0.1, 0.15) is 0 Å². The Kier molecular flexibility index (Phi) is 5.69. The number of nitrogens with zero attached hydrogens (tertiary/aromatic N) is 4. The lowest BCUT2D eigenvalue weighted by Gasteiger charge is -2.09. The third kappa shape index (κ3) is 4.48. The molecule has 4 aromatic rings. The number of furan rings is 1.